The van der Waals surface area contributed by atoms with Crippen LogP contribution in [0.3, 0.4) is 0 Å². The number of piperidine rings is 1. The van der Waals surface area contributed by atoms with E-state index in [0.717, 1.165) is 31.7 Å². The van der Waals surface area contributed by atoms with Gasteiger partial charge >= 0.3 is 0 Å². The molecule has 4 heterocycles. The molecule has 212 valence electrons. The number of hydrogen-bond donors (Lipinski definition) is 3. The van der Waals surface area contributed by atoms with E-state index < -0.39 is 5.97 Å². The number of carboxylic acids is 1. The minimum atomic E-state index is -0.833. The van der Waals surface area contributed by atoms with Crippen LogP contribution in [-0.2, 0) is 9.59 Å². The molecule has 9 nitrogen and oxygen atoms in total. The van der Waals surface area contributed by atoms with Crippen molar-refractivity contribution in [1.82, 2.24) is 19.6 Å². The van der Waals surface area contributed by atoms with E-state index in [0.29, 0.717) is 26.3 Å². The first-order valence-electron chi connectivity index (χ1n) is 13.1. The number of aryl methyl sites for hydroxylation is 1. The van der Waals surface area contributed by atoms with Crippen LogP contribution >= 0.6 is 24.0 Å². The first-order valence-corrected chi connectivity index (χ1v) is 14.3. The van der Waals surface area contributed by atoms with Gasteiger partial charge in [-0.05, 0) is 78.5 Å². The Labute approximate surface area is 239 Å². The van der Waals surface area contributed by atoms with Gasteiger partial charge in [-0.15, -0.1) is 0 Å². The number of anilines is 1. The van der Waals surface area contributed by atoms with Crippen molar-refractivity contribution in [1.29, 1.82) is 0 Å². The second-order valence-electron chi connectivity index (χ2n) is 11.6. The maximum atomic E-state index is 13.7. The van der Waals surface area contributed by atoms with Crippen LogP contribution in [0.15, 0.2) is 28.0 Å². The number of carboxylic acid groups (broad SMARTS) is 1. The van der Waals surface area contributed by atoms with E-state index in [1.807, 2.05) is 32.9 Å². The number of rotatable bonds is 5. The van der Waals surface area contributed by atoms with Crippen LogP contribution in [0.25, 0.3) is 11.7 Å². The molecule has 1 amide bonds. The zero-order chi connectivity index (χ0) is 29.3. The molecule has 0 spiro atoms. The number of pyridine rings is 1. The number of aromatic nitrogens is 2. The van der Waals surface area contributed by atoms with Gasteiger partial charge < -0.3 is 15.7 Å². The lowest BCUT2D eigenvalue weighted by molar-refractivity contribution is -0.134. The minimum absolute atomic E-state index is 0.00340. The zero-order valence-corrected chi connectivity index (χ0v) is 25.5. The van der Waals surface area contributed by atoms with Gasteiger partial charge in [-0.3, -0.25) is 23.7 Å². The van der Waals surface area contributed by atoms with Gasteiger partial charge in [0.1, 0.15) is 15.8 Å². The molecule has 3 N–H and O–H groups in total. The first-order chi connectivity index (χ1) is 18.0. The van der Waals surface area contributed by atoms with Crippen molar-refractivity contribution in [3.63, 3.8) is 0 Å². The molecule has 1 unspecified atom stereocenters. The highest BCUT2D eigenvalue weighted by Crippen LogP contribution is 2.36. The summed E-state index contributed by atoms with van der Waals surface area (Å²) >= 11 is 6.75. The molecule has 2 saturated heterocycles. The summed E-state index contributed by atoms with van der Waals surface area (Å²) in [4.78, 5) is 42.9. The van der Waals surface area contributed by atoms with Crippen LogP contribution in [0.2, 0.25) is 0 Å². The third kappa shape index (κ3) is 7.46. The molecular formula is C28H39N5O4S2. The predicted octanol–water partition coefficient (Wildman–Crippen LogP) is 4.81. The van der Waals surface area contributed by atoms with E-state index in [1.54, 1.807) is 21.6 Å². The molecule has 0 radical (unpaired) electrons. The number of aliphatic carboxylic acids is 1. The Balaban J connectivity index is 0.000000983. The van der Waals surface area contributed by atoms with E-state index in [-0.39, 0.29) is 34.6 Å². The van der Waals surface area contributed by atoms with E-state index in [4.69, 9.17) is 27.1 Å². The fourth-order valence-corrected chi connectivity index (χ4v) is 6.73. The second-order valence-corrected chi connectivity index (χ2v) is 13.3. The molecule has 4 rings (SSSR count). The van der Waals surface area contributed by atoms with Gasteiger partial charge in [-0.1, -0.05) is 37.0 Å². The molecule has 2 aromatic rings. The lowest BCUT2D eigenvalue weighted by atomic mass is 9.79. The highest BCUT2D eigenvalue weighted by molar-refractivity contribution is 8.26. The fraction of sp³-hybridized carbons (Fsp3) is 0.536. The summed E-state index contributed by atoms with van der Waals surface area (Å²) in [5, 5.41) is 14.7. The number of thioether (sulfide) groups is 1. The number of thiocarbonyl (C=S) groups is 1. The molecule has 2 aliphatic heterocycles. The van der Waals surface area contributed by atoms with Crippen molar-refractivity contribution >= 4 is 57.7 Å². The van der Waals surface area contributed by atoms with E-state index in [9.17, 15) is 9.59 Å². The Morgan fingerprint density at radius 1 is 1.28 bits per heavy atom. The van der Waals surface area contributed by atoms with Crippen molar-refractivity contribution in [2.24, 2.45) is 0 Å². The van der Waals surface area contributed by atoms with Crippen molar-refractivity contribution < 1.29 is 14.7 Å². The minimum Gasteiger partial charge on any atom is -0.481 e. The summed E-state index contributed by atoms with van der Waals surface area (Å²) in [6, 6.07) is 3.91. The lowest BCUT2D eigenvalue weighted by Crippen LogP contribution is -2.60. The Morgan fingerprint density at radius 2 is 1.87 bits per heavy atom. The second kappa shape index (κ2) is 11.8. The topological polar surface area (TPSA) is 116 Å². The molecule has 0 bridgehead atoms. The quantitative estimate of drug-likeness (QED) is 0.342. The Kier molecular flexibility index (Phi) is 9.29. The third-order valence-corrected chi connectivity index (χ3v) is 8.00. The third-order valence-electron chi connectivity index (χ3n) is 6.67. The van der Waals surface area contributed by atoms with Crippen molar-refractivity contribution in [2.75, 3.05) is 5.32 Å². The van der Waals surface area contributed by atoms with Gasteiger partial charge in [0, 0.05) is 36.3 Å². The normalized spacial score (nSPS) is 20.6. The molecule has 2 aliphatic rings. The molecule has 39 heavy (non-hydrogen) atoms. The molecule has 0 aromatic carbocycles. The Bertz CT molecular complexity index is 1360. The largest absolute Gasteiger partial charge is 0.481 e. The number of carbonyl (C=O) groups excluding carboxylic acids is 1. The summed E-state index contributed by atoms with van der Waals surface area (Å²) in [5.41, 5.74) is 1.56. The van der Waals surface area contributed by atoms with Crippen LogP contribution in [0, 0.1) is 6.92 Å². The molecule has 0 aliphatic carbocycles. The van der Waals surface area contributed by atoms with Crippen LogP contribution < -0.4 is 16.2 Å². The molecule has 11 heteroatoms. The zero-order valence-electron chi connectivity index (χ0n) is 23.9. The number of carbonyl (C=O) groups is 2. The van der Waals surface area contributed by atoms with Crippen molar-refractivity contribution in [2.45, 2.75) is 97.8 Å². The summed E-state index contributed by atoms with van der Waals surface area (Å²) < 4.78 is 2.08. The van der Waals surface area contributed by atoms with Gasteiger partial charge in [-0.25, -0.2) is 4.98 Å². The molecule has 2 aromatic heterocycles. The average Bonchev–Trinajstić information content (AvgIpc) is 3.06. The van der Waals surface area contributed by atoms with Crippen LogP contribution in [0.5, 0.6) is 0 Å². The summed E-state index contributed by atoms with van der Waals surface area (Å²) in [6.45, 7) is 15.8. The van der Waals surface area contributed by atoms with Gasteiger partial charge in [0.2, 0.25) is 0 Å². The van der Waals surface area contributed by atoms with Crippen LogP contribution in [0.4, 0.5) is 5.82 Å². The van der Waals surface area contributed by atoms with Crippen LogP contribution in [0.1, 0.15) is 78.9 Å². The Hall–Kier alpha value is -2.76. The smallest absolute Gasteiger partial charge is 0.300 e. The maximum Gasteiger partial charge on any atom is 0.300 e. The van der Waals surface area contributed by atoms with Crippen molar-refractivity contribution in [3.05, 3.63) is 44.7 Å². The van der Waals surface area contributed by atoms with E-state index >= 15 is 0 Å². The SMILES string of the molecule is CC(=O)O.CCC(C)N1C(=O)/C(=C/c2c(NC3CC(C)(C)NC(C)(C)C3)nc3ccc(C)cn3c2=O)SC1=S. The molecule has 0 saturated carbocycles. The van der Waals surface area contributed by atoms with E-state index in [1.165, 1.54) is 11.8 Å². The average molecular weight is 574 g/mol. The number of nitrogens with one attached hydrogen (secondary N) is 2. The molecule has 2 fully saturated rings. The highest BCUT2D eigenvalue weighted by atomic mass is 32.2. The van der Waals surface area contributed by atoms with Crippen LogP contribution in [-0.4, -0.2) is 58.7 Å². The standard InChI is InChI=1S/C26H35N5O2S2.C2H4O2/c1-8-16(3)31-23(33)19(35-24(31)34)11-18-21(27-17-12-25(4,5)29-26(6,7)13-17)28-20-10-9-15(2)14-30(20)22(18)32;1-2(3)4/h9-11,14,16-17,27,29H,8,12-13H2,1-7H3;1H3,(H,3,4)/b19-11-;. The number of nitrogens with zero attached hydrogens (tertiary/aromatic N) is 3. The maximum absolute atomic E-state index is 13.7. The summed E-state index contributed by atoms with van der Waals surface area (Å²) in [5.74, 6) is -0.482. The van der Waals surface area contributed by atoms with Gasteiger partial charge in [-0.2, -0.15) is 0 Å². The fourth-order valence-electron chi connectivity index (χ4n) is 5.29. The van der Waals surface area contributed by atoms with Crippen molar-refractivity contribution in [3.8, 4) is 0 Å². The van der Waals surface area contributed by atoms with Gasteiger partial charge in [0.25, 0.3) is 17.4 Å². The van der Waals surface area contributed by atoms with Gasteiger partial charge in [0.05, 0.1) is 10.5 Å². The van der Waals surface area contributed by atoms with E-state index in [2.05, 4.69) is 38.3 Å². The number of amides is 1. The number of hydrogen-bond acceptors (Lipinski definition) is 8. The first kappa shape index (κ1) is 30.8. The van der Waals surface area contributed by atoms with Gasteiger partial charge in [0.15, 0.2) is 0 Å². The Morgan fingerprint density at radius 3 is 2.44 bits per heavy atom. The highest BCUT2D eigenvalue weighted by Gasteiger charge is 2.39. The lowest BCUT2D eigenvalue weighted by Gasteiger charge is -2.46. The molecule has 1 atom stereocenters. The summed E-state index contributed by atoms with van der Waals surface area (Å²) in [7, 11) is 0. The monoisotopic (exact) mass is 573 g/mol. The predicted molar refractivity (Wildman–Crippen MR) is 162 cm³/mol. The number of fused-ring (bicyclic) bond motifs is 1. The summed E-state index contributed by atoms with van der Waals surface area (Å²) in [6.07, 6.45) is 6.01. The molecular weight excluding hydrogens is 534 g/mol.